The third kappa shape index (κ3) is 4.90. The van der Waals surface area contributed by atoms with Crippen molar-refractivity contribution in [3.05, 3.63) is 16.1 Å². The van der Waals surface area contributed by atoms with Crippen molar-refractivity contribution < 1.29 is 4.90 Å². The van der Waals surface area contributed by atoms with Gasteiger partial charge in [-0.25, -0.2) is 4.98 Å². The Kier molecular flexibility index (Phi) is 6.34. The number of hydrogen-bond donors (Lipinski definition) is 1. The molecule has 1 unspecified atom stereocenters. The minimum atomic E-state index is -0.287. The van der Waals surface area contributed by atoms with Crippen LogP contribution < -0.4 is 4.90 Å². The first kappa shape index (κ1) is 16.1. The molecule has 0 saturated carbocycles. The molecule has 3 atom stereocenters. The summed E-state index contributed by atoms with van der Waals surface area (Å²) in [5.74, 6) is -0.287. The number of aromatic nitrogens is 1. The van der Waals surface area contributed by atoms with Crippen molar-refractivity contribution in [3.8, 4) is 6.07 Å². The molecule has 2 heterocycles. The molecular weight excluding hydrogens is 280 g/mol. The van der Waals surface area contributed by atoms with Crippen LogP contribution in [0.3, 0.4) is 0 Å². The minimum Gasteiger partial charge on any atom is -0.333 e. The van der Waals surface area contributed by atoms with Gasteiger partial charge in [0, 0.05) is 30.3 Å². The number of aryl methyl sites for hydroxylation is 1. The molecule has 1 aromatic heterocycles. The first-order valence-electron chi connectivity index (χ1n) is 7.87. The minimum absolute atomic E-state index is 0.287. The first-order valence-corrected chi connectivity index (χ1v) is 8.75. The standard InChI is InChI=1S/C16H24N4S/c1-13-12-21-16(19-13)15(10-17)11-18-7-5-9-20-8-4-3-6-14(20)2/h11-12,14-15H,3-9H2,1-2H3/p+1/t14-,15+/m1/s1. The Balaban J connectivity index is 1.73. The molecule has 0 radical (unpaired) electrons. The number of rotatable bonds is 6. The highest BCUT2D eigenvalue weighted by Gasteiger charge is 2.20. The van der Waals surface area contributed by atoms with Crippen LogP contribution in [0.1, 0.15) is 49.2 Å². The van der Waals surface area contributed by atoms with Gasteiger partial charge in [-0.3, -0.25) is 4.99 Å². The molecule has 2 rings (SSSR count). The number of quaternary nitrogens is 1. The number of piperidine rings is 1. The molecule has 114 valence electrons. The second-order valence-corrected chi connectivity index (χ2v) is 6.79. The fourth-order valence-electron chi connectivity index (χ4n) is 2.87. The summed E-state index contributed by atoms with van der Waals surface area (Å²) in [5.41, 5.74) is 0.978. The number of thiazole rings is 1. The van der Waals surface area contributed by atoms with Gasteiger partial charge in [0.1, 0.15) is 10.9 Å². The van der Waals surface area contributed by atoms with Crippen molar-refractivity contribution in [1.29, 1.82) is 5.26 Å². The van der Waals surface area contributed by atoms with Crippen LogP contribution in [0.25, 0.3) is 0 Å². The monoisotopic (exact) mass is 305 g/mol. The van der Waals surface area contributed by atoms with Gasteiger partial charge in [-0.15, -0.1) is 11.3 Å². The van der Waals surface area contributed by atoms with Crippen molar-refractivity contribution in [2.24, 2.45) is 4.99 Å². The molecule has 21 heavy (non-hydrogen) atoms. The maximum absolute atomic E-state index is 9.21. The average Bonchev–Trinajstić information content (AvgIpc) is 2.91. The van der Waals surface area contributed by atoms with E-state index in [4.69, 9.17) is 0 Å². The zero-order valence-corrected chi connectivity index (χ0v) is 13.8. The lowest BCUT2D eigenvalue weighted by molar-refractivity contribution is -0.928. The summed E-state index contributed by atoms with van der Waals surface area (Å²) < 4.78 is 0. The third-order valence-corrected chi connectivity index (χ3v) is 5.21. The zero-order valence-electron chi connectivity index (χ0n) is 13.0. The van der Waals surface area contributed by atoms with Gasteiger partial charge in [0.05, 0.1) is 25.2 Å². The van der Waals surface area contributed by atoms with Crippen LogP contribution >= 0.6 is 11.3 Å². The highest BCUT2D eigenvalue weighted by molar-refractivity contribution is 7.09. The van der Waals surface area contributed by atoms with E-state index in [1.54, 1.807) is 22.5 Å². The second kappa shape index (κ2) is 8.26. The predicted octanol–water partition coefficient (Wildman–Crippen LogP) is 1.98. The summed E-state index contributed by atoms with van der Waals surface area (Å²) in [6.45, 7) is 7.64. The van der Waals surface area contributed by atoms with Crippen LogP contribution in [-0.2, 0) is 0 Å². The lowest BCUT2D eigenvalue weighted by Gasteiger charge is -2.29. The van der Waals surface area contributed by atoms with Gasteiger partial charge in [-0.1, -0.05) is 0 Å². The first-order chi connectivity index (χ1) is 10.2. The number of likely N-dealkylation sites (tertiary alicyclic amines) is 1. The fraction of sp³-hybridized carbons (Fsp3) is 0.688. The smallest absolute Gasteiger partial charge is 0.133 e. The van der Waals surface area contributed by atoms with Crippen molar-refractivity contribution in [2.75, 3.05) is 19.6 Å². The van der Waals surface area contributed by atoms with Gasteiger partial charge in [-0.05, 0) is 33.1 Å². The van der Waals surface area contributed by atoms with Gasteiger partial charge in [0.2, 0.25) is 0 Å². The molecule has 0 aromatic carbocycles. The molecule has 0 spiro atoms. The van der Waals surface area contributed by atoms with E-state index >= 15 is 0 Å². The van der Waals surface area contributed by atoms with E-state index in [0.29, 0.717) is 0 Å². The van der Waals surface area contributed by atoms with Crippen molar-refractivity contribution in [2.45, 2.75) is 51.5 Å². The Bertz CT molecular complexity index is 503. The van der Waals surface area contributed by atoms with Crippen molar-refractivity contribution in [1.82, 2.24) is 4.98 Å². The Morgan fingerprint density at radius 3 is 3.14 bits per heavy atom. The van der Waals surface area contributed by atoms with Crippen LogP contribution in [0.5, 0.6) is 0 Å². The van der Waals surface area contributed by atoms with Crippen LogP contribution in [0.2, 0.25) is 0 Å². The average molecular weight is 305 g/mol. The Morgan fingerprint density at radius 1 is 1.62 bits per heavy atom. The lowest BCUT2D eigenvalue weighted by atomic mass is 10.0. The number of nitrogens with zero attached hydrogens (tertiary/aromatic N) is 3. The maximum Gasteiger partial charge on any atom is 0.133 e. The van der Waals surface area contributed by atoms with Crippen molar-refractivity contribution >= 4 is 17.6 Å². The molecule has 5 heteroatoms. The van der Waals surface area contributed by atoms with Gasteiger partial charge in [0.15, 0.2) is 0 Å². The number of nitriles is 1. The molecule has 0 amide bonds. The Morgan fingerprint density at radius 2 is 2.48 bits per heavy atom. The van der Waals surface area contributed by atoms with Gasteiger partial charge in [0.25, 0.3) is 0 Å². The topological polar surface area (TPSA) is 53.5 Å². The second-order valence-electron chi connectivity index (χ2n) is 5.90. The van der Waals surface area contributed by atoms with E-state index in [1.165, 1.54) is 32.4 Å². The van der Waals surface area contributed by atoms with E-state index < -0.39 is 0 Å². The van der Waals surface area contributed by atoms with Gasteiger partial charge in [-0.2, -0.15) is 5.26 Å². The molecular formula is C16H25N4S+. The molecule has 4 nitrogen and oxygen atoms in total. The SMILES string of the molecule is Cc1csc([C@@H](C#N)C=NCCC[NH+]2CCCC[C@H]2C)n1. The summed E-state index contributed by atoms with van der Waals surface area (Å²) >= 11 is 1.54. The molecule has 1 fully saturated rings. The maximum atomic E-state index is 9.21. The Labute approximate surface area is 131 Å². The molecule has 1 aliphatic heterocycles. The van der Waals surface area contributed by atoms with Gasteiger partial charge >= 0.3 is 0 Å². The zero-order chi connectivity index (χ0) is 15.1. The molecule has 0 bridgehead atoms. The number of hydrogen-bond acceptors (Lipinski definition) is 4. The van der Waals surface area contributed by atoms with E-state index in [9.17, 15) is 5.26 Å². The molecule has 1 N–H and O–H groups in total. The van der Waals surface area contributed by atoms with Gasteiger partial charge < -0.3 is 4.90 Å². The van der Waals surface area contributed by atoms with E-state index in [-0.39, 0.29) is 5.92 Å². The van der Waals surface area contributed by atoms with E-state index in [1.807, 2.05) is 12.3 Å². The lowest BCUT2D eigenvalue weighted by Crippen LogP contribution is -3.16. The predicted molar refractivity (Wildman–Crippen MR) is 87.2 cm³/mol. The van der Waals surface area contributed by atoms with E-state index in [0.717, 1.165) is 29.7 Å². The number of aliphatic imine (C=N–C) groups is 1. The van der Waals surface area contributed by atoms with Crippen molar-refractivity contribution in [3.63, 3.8) is 0 Å². The number of nitrogens with one attached hydrogen (secondary N) is 1. The van der Waals surface area contributed by atoms with E-state index in [2.05, 4.69) is 23.0 Å². The summed E-state index contributed by atoms with van der Waals surface area (Å²) in [7, 11) is 0. The van der Waals surface area contributed by atoms with Crippen LogP contribution in [0.15, 0.2) is 10.4 Å². The fourth-order valence-corrected chi connectivity index (χ4v) is 3.67. The molecule has 1 aromatic rings. The molecule has 1 aliphatic rings. The molecule has 0 aliphatic carbocycles. The largest absolute Gasteiger partial charge is 0.333 e. The summed E-state index contributed by atoms with van der Waals surface area (Å²) in [4.78, 5) is 10.5. The summed E-state index contributed by atoms with van der Waals surface area (Å²) in [5, 5.41) is 12.0. The van der Waals surface area contributed by atoms with Crippen LogP contribution in [0.4, 0.5) is 0 Å². The third-order valence-electron chi connectivity index (χ3n) is 4.16. The highest BCUT2D eigenvalue weighted by Crippen LogP contribution is 2.17. The summed E-state index contributed by atoms with van der Waals surface area (Å²) in [6.07, 6.45) is 6.99. The van der Waals surface area contributed by atoms with Crippen LogP contribution in [0, 0.1) is 18.3 Å². The normalized spacial score (nSPS) is 24.0. The highest BCUT2D eigenvalue weighted by atomic mass is 32.1. The molecule has 1 saturated heterocycles. The quantitative estimate of drug-likeness (QED) is 0.645. The summed E-state index contributed by atoms with van der Waals surface area (Å²) in [6, 6.07) is 3.07. The Hall–Kier alpha value is -1.25. The van der Waals surface area contributed by atoms with Crippen LogP contribution in [-0.4, -0.2) is 36.9 Å².